The van der Waals surface area contributed by atoms with Crippen molar-refractivity contribution in [3.63, 3.8) is 0 Å². The van der Waals surface area contributed by atoms with Crippen molar-refractivity contribution in [3.8, 4) is 5.69 Å². The number of anilines is 1. The third kappa shape index (κ3) is 3.44. The van der Waals surface area contributed by atoms with Gasteiger partial charge in [0.25, 0.3) is 5.91 Å². The van der Waals surface area contributed by atoms with Gasteiger partial charge >= 0.3 is 5.97 Å². The highest BCUT2D eigenvalue weighted by atomic mass is 35.5. The predicted octanol–water partition coefficient (Wildman–Crippen LogP) is 3.02. The largest absolute Gasteiger partial charge is 0.465 e. The smallest absolute Gasteiger partial charge is 0.349 e. The molecular weight excluding hydrogens is 352 g/mol. The molecule has 0 aliphatic rings. The third-order valence-electron chi connectivity index (χ3n) is 3.03. The fraction of sp³-hybridized carbons (Fsp3) is 0.0667. The second-order valence-corrected chi connectivity index (χ2v) is 6.10. The number of nitrogens with zero attached hydrogens (tertiary/aromatic N) is 3. The Balaban J connectivity index is 1.74. The Labute approximate surface area is 145 Å². The number of carbonyl (C=O) groups is 2. The molecule has 0 aliphatic carbocycles. The van der Waals surface area contributed by atoms with Crippen molar-refractivity contribution in [2.75, 3.05) is 12.4 Å². The summed E-state index contributed by atoms with van der Waals surface area (Å²) in [5.74, 6) is -0.879. The van der Waals surface area contributed by atoms with Crippen LogP contribution in [0.25, 0.3) is 5.69 Å². The number of hydrogen-bond donors (Lipinski definition) is 1. The van der Waals surface area contributed by atoms with Gasteiger partial charge in [-0.2, -0.15) is 5.10 Å². The van der Waals surface area contributed by atoms with E-state index in [1.807, 2.05) is 6.07 Å². The summed E-state index contributed by atoms with van der Waals surface area (Å²) in [5, 5.41) is 7.64. The number of rotatable bonds is 4. The molecule has 9 heteroatoms. The van der Waals surface area contributed by atoms with Crippen LogP contribution in [0.5, 0.6) is 0 Å². The highest BCUT2D eigenvalue weighted by Crippen LogP contribution is 2.20. The zero-order chi connectivity index (χ0) is 17.1. The van der Waals surface area contributed by atoms with Crippen LogP contribution in [0.15, 0.2) is 42.9 Å². The number of amides is 1. The van der Waals surface area contributed by atoms with E-state index >= 15 is 0 Å². The molecule has 24 heavy (non-hydrogen) atoms. The first-order chi connectivity index (χ1) is 11.6. The summed E-state index contributed by atoms with van der Waals surface area (Å²) in [7, 11) is 1.28. The van der Waals surface area contributed by atoms with E-state index in [0.29, 0.717) is 20.6 Å². The first kappa shape index (κ1) is 16.2. The highest BCUT2D eigenvalue weighted by Gasteiger charge is 2.15. The molecule has 122 valence electrons. The van der Waals surface area contributed by atoms with Gasteiger partial charge in [0.2, 0.25) is 0 Å². The van der Waals surface area contributed by atoms with Crippen LogP contribution in [0.1, 0.15) is 20.0 Å². The summed E-state index contributed by atoms with van der Waals surface area (Å²) in [5.41, 5.74) is 1.09. The Bertz CT molecular complexity index is 906. The zero-order valence-electron chi connectivity index (χ0n) is 12.4. The first-order valence-electron chi connectivity index (χ1n) is 6.73. The minimum Gasteiger partial charge on any atom is -0.465 e. The summed E-state index contributed by atoms with van der Waals surface area (Å²) in [6.07, 6.45) is 4.36. The van der Waals surface area contributed by atoms with E-state index in [2.05, 4.69) is 20.1 Å². The van der Waals surface area contributed by atoms with Crippen LogP contribution in [0.4, 0.5) is 5.13 Å². The number of thiazole rings is 1. The average Bonchev–Trinajstić information content (AvgIpc) is 3.23. The van der Waals surface area contributed by atoms with E-state index in [4.69, 9.17) is 11.6 Å². The minimum atomic E-state index is -0.498. The number of nitrogens with one attached hydrogen (secondary N) is 1. The molecule has 0 fully saturated rings. The molecule has 7 nitrogen and oxygen atoms in total. The molecule has 0 spiro atoms. The number of esters is 1. The molecule has 1 aromatic carbocycles. The van der Waals surface area contributed by atoms with Crippen LogP contribution in [-0.4, -0.2) is 33.8 Å². The number of hydrogen-bond acceptors (Lipinski definition) is 6. The Morgan fingerprint density at radius 2 is 2.17 bits per heavy atom. The van der Waals surface area contributed by atoms with Crippen molar-refractivity contribution < 1.29 is 14.3 Å². The molecular formula is C15H11ClN4O3S. The van der Waals surface area contributed by atoms with Crippen LogP contribution >= 0.6 is 22.9 Å². The molecule has 1 N–H and O–H groups in total. The van der Waals surface area contributed by atoms with E-state index in [9.17, 15) is 9.59 Å². The molecule has 2 aromatic heterocycles. The van der Waals surface area contributed by atoms with Gasteiger partial charge < -0.3 is 4.74 Å². The van der Waals surface area contributed by atoms with Crippen molar-refractivity contribution in [1.29, 1.82) is 0 Å². The maximum Gasteiger partial charge on any atom is 0.349 e. The predicted molar refractivity (Wildman–Crippen MR) is 90.0 cm³/mol. The number of ether oxygens (including phenoxy) is 1. The third-order valence-corrected chi connectivity index (χ3v) is 4.16. The van der Waals surface area contributed by atoms with E-state index in [1.54, 1.807) is 29.1 Å². The molecule has 1 amide bonds. The molecule has 0 unspecified atom stereocenters. The van der Waals surface area contributed by atoms with Gasteiger partial charge in [-0.05, 0) is 18.2 Å². The molecule has 3 aromatic rings. The van der Waals surface area contributed by atoms with E-state index in [1.165, 1.54) is 19.5 Å². The normalized spacial score (nSPS) is 10.4. The second-order valence-electron chi connectivity index (χ2n) is 4.63. The second kappa shape index (κ2) is 6.81. The minimum absolute atomic E-state index is 0.302. The molecule has 0 aliphatic heterocycles. The maximum absolute atomic E-state index is 12.2. The van der Waals surface area contributed by atoms with Gasteiger partial charge in [0.05, 0.1) is 30.8 Å². The fourth-order valence-corrected chi connectivity index (χ4v) is 2.81. The average molecular weight is 363 g/mol. The topological polar surface area (TPSA) is 86.1 Å². The summed E-state index contributed by atoms with van der Waals surface area (Å²) in [6, 6.07) is 7.11. The maximum atomic E-state index is 12.2. The number of carbonyl (C=O) groups excluding carboxylic acids is 2. The van der Waals surface area contributed by atoms with Gasteiger partial charge in [-0.15, -0.1) is 0 Å². The number of benzene rings is 1. The van der Waals surface area contributed by atoms with Gasteiger partial charge in [-0.1, -0.05) is 29.0 Å². The van der Waals surface area contributed by atoms with Crippen molar-refractivity contribution >= 4 is 39.9 Å². The zero-order valence-corrected chi connectivity index (χ0v) is 14.0. The number of aromatic nitrogens is 3. The van der Waals surface area contributed by atoms with Gasteiger partial charge in [0, 0.05) is 11.2 Å². The van der Waals surface area contributed by atoms with E-state index < -0.39 is 5.97 Å². The summed E-state index contributed by atoms with van der Waals surface area (Å²) < 4.78 is 6.14. The lowest BCUT2D eigenvalue weighted by Crippen LogP contribution is -2.10. The molecule has 0 saturated carbocycles. The van der Waals surface area contributed by atoms with Gasteiger partial charge in [-0.3, -0.25) is 10.1 Å². The molecule has 0 radical (unpaired) electrons. The van der Waals surface area contributed by atoms with Gasteiger partial charge in [0.15, 0.2) is 5.13 Å². The Morgan fingerprint density at radius 3 is 2.92 bits per heavy atom. The molecule has 0 atom stereocenters. The van der Waals surface area contributed by atoms with Crippen LogP contribution in [-0.2, 0) is 4.74 Å². The lowest BCUT2D eigenvalue weighted by Gasteiger charge is -2.01. The monoisotopic (exact) mass is 362 g/mol. The standard InChI is InChI=1S/C15H11ClN4O3S/c1-23-14(22)12-7-17-15(24-12)19-13(21)9-6-18-20(8-9)11-4-2-3-10(16)5-11/h2-8H,1H3,(H,17,19,21). The Hall–Kier alpha value is -2.71. The quantitative estimate of drug-likeness (QED) is 0.721. The van der Waals surface area contributed by atoms with Gasteiger partial charge in [0.1, 0.15) is 4.88 Å². The first-order valence-corrected chi connectivity index (χ1v) is 7.92. The lowest BCUT2D eigenvalue weighted by molar-refractivity contribution is 0.0606. The van der Waals surface area contributed by atoms with Crippen molar-refractivity contribution in [3.05, 3.63) is 58.3 Å². The van der Waals surface area contributed by atoms with Crippen LogP contribution in [0.3, 0.4) is 0 Å². The fourth-order valence-electron chi connectivity index (χ4n) is 1.90. The van der Waals surface area contributed by atoms with Crippen molar-refractivity contribution in [2.45, 2.75) is 0 Å². The van der Waals surface area contributed by atoms with Crippen molar-refractivity contribution in [1.82, 2.24) is 14.8 Å². The van der Waals surface area contributed by atoms with Crippen molar-refractivity contribution in [2.24, 2.45) is 0 Å². The number of halogens is 1. The number of methoxy groups -OCH3 is 1. The van der Waals surface area contributed by atoms with Gasteiger partial charge in [-0.25, -0.2) is 14.5 Å². The summed E-state index contributed by atoms with van der Waals surface area (Å²) >= 11 is 6.98. The van der Waals surface area contributed by atoms with E-state index in [-0.39, 0.29) is 5.91 Å². The molecule has 2 heterocycles. The highest BCUT2D eigenvalue weighted by molar-refractivity contribution is 7.17. The Kier molecular flexibility index (Phi) is 4.59. The lowest BCUT2D eigenvalue weighted by atomic mass is 10.3. The summed E-state index contributed by atoms with van der Waals surface area (Å²) in [6.45, 7) is 0. The van der Waals surface area contributed by atoms with E-state index in [0.717, 1.165) is 17.0 Å². The summed E-state index contributed by atoms with van der Waals surface area (Å²) in [4.78, 5) is 27.9. The Morgan fingerprint density at radius 1 is 1.33 bits per heavy atom. The molecule has 3 rings (SSSR count). The SMILES string of the molecule is COC(=O)c1cnc(NC(=O)c2cnn(-c3cccc(Cl)c3)c2)s1. The van der Waals surface area contributed by atoms with Crippen LogP contribution in [0, 0.1) is 0 Å². The molecule has 0 saturated heterocycles. The molecule has 0 bridgehead atoms. The van der Waals surface area contributed by atoms with Crippen LogP contribution in [0.2, 0.25) is 5.02 Å². The van der Waals surface area contributed by atoms with Crippen LogP contribution < -0.4 is 5.32 Å².